The van der Waals surface area contributed by atoms with Crippen molar-refractivity contribution in [3.8, 4) is 0 Å². The maximum absolute atomic E-state index is 12.3. The molecule has 1 N–H and O–H groups in total. The van der Waals surface area contributed by atoms with Gasteiger partial charge in [0.05, 0.1) is 0 Å². The van der Waals surface area contributed by atoms with E-state index in [1.165, 1.54) is 4.31 Å². The van der Waals surface area contributed by atoms with E-state index in [-0.39, 0.29) is 5.03 Å². The summed E-state index contributed by atoms with van der Waals surface area (Å²) in [6.07, 6.45) is 3.16. The third-order valence-electron chi connectivity index (χ3n) is 2.67. The first-order chi connectivity index (χ1) is 9.06. The van der Waals surface area contributed by atoms with Gasteiger partial charge < -0.3 is 5.32 Å². The van der Waals surface area contributed by atoms with Crippen LogP contribution in [0.2, 0.25) is 0 Å². The predicted octanol–water partition coefficient (Wildman–Crippen LogP) is 1.39. The molecule has 6 heteroatoms. The summed E-state index contributed by atoms with van der Waals surface area (Å²) in [5, 5.41) is 3.24. The van der Waals surface area contributed by atoms with Crippen molar-refractivity contribution in [3.63, 3.8) is 0 Å². The van der Waals surface area contributed by atoms with E-state index < -0.39 is 10.0 Å². The standard InChI is InChI=1S/C13H21N3O2S/c1-4-9-16(6-3)19(17,18)13-8-7-12(11-15-13)10-14-5-2/h4,7-8,11,14H,1,5-6,9-10H2,2-3H3. The number of pyridine rings is 1. The maximum atomic E-state index is 12.3. The molecule has 0 aliphatic heterocycles. The van der Waals surface area contributed by atoms with Crippen LogP contribution >= 0.6 is 0 Å². The molecule has 1 aromatic rings. The lowest BCUT2D eigenvalue weighted by atomic mass is 10.3. The zero-order valence-electron chi connectivity index (χ0n) is 11.5. The summed E-state index contributed by atoms with van der Waals surface area (Å²) in [5.41, 5.74) is 0.965. The monoisotopic (exact) mass is 283 g/mol. The van der Waals surface area contributed by atoms with E-state index in [1.807, 2.05) is 6.92 Å². The van der Waals surface area contributed by atoms with Gasteiger partial charge >= 0.3 is 0 Å². The van der Waals surface area contributed by atoms with Gasteiger partial charge in [-0.05, 0) is 18.2 Å². The molecule has 0 fully saturated rings. The minimum Gasteiger partial charge on any atom is -0.313 e. The van der Waals surface area contributed by atoms with Gasteiger partial charge in [0.25, 0.3) is 10.0 Å². The third kappa shape index (κ3) is 4.12. The fraction of sp³-hybridized carbons (Fsp3) is 0.462. The highest BCUT2D eigenvalue weighted by Crippen LogP contribution is 2.13. The van der Waals surface area contributed by atoms with Gasteiger partial charge in [0, 0.05) is 25.8 Å². The van der Waals surface area contributed by atoms with Crippen molar-refractivity contribution >= 4 is 10.0 Å². The topological polar surface area (TPSA) is 62.3 Å². The molecule has 0 atom stereocenters. The second-order valence-electron chi connectivity index (χ2n) is 4.03. The van der Waals surface area contributed by atoms with E-state index in [9.17, 15) is 8.42 Å². The van der Waals surface area contributed by atoms with Crippen molar-refractivity contribution in [2.75, 3.05) is 19.6 Å². The first-order valence-electron chi connectivity index (χ1n) is 6.33. The van der Waals surface area contributed by atoms with Crippen molar-refractivity contribution in [1.29, 1.82) is 0 Å². The molecule has 5 nitrogen and oxygen atoms in total. The number of aromatic nitrogens is 1. The smallest absolute Gasteiger partial charge is 0.260 e. The van der Waals surface area contributed by atoms with E-state index >= 15 is 0 Å². The van der Waals surface area contributed by atoms with Gasteiger partial charge in [0.1, 0.15) is 0 Å². The van der Waals surface area contributed by atoms with E-state index in [4.69, 9.17) is 0 Å². The van der Waals surface area contributed by atoms with Crippen LogP contribution in [0.15, 0.2) is 36.0 Å². The van der Waals surface area contributed by atoms with Crippen molar-refractivity contribution in [3.05, 3.63) is 36.5 Å². The number of sulfonamides is 1. The number of likely N-dealkylation sites (N-methyl/N-ethyl adjacent to an activating group) is 1. The van der Waals surface area contributed by atoms with Crippen LogP contribution in [0.3, 0.4) is 0 Å². The molecule has 19 heavy (non-hydrogen) atoms. The first-order valence-corrected chi connectivity index (χ1v) is 7.77. The molecule has 0 aliphatic carbocycles. The Kier molecular flexibility index (Phi) is 6.14. The molecule has 0 saturated heterocycles. The summed E-state index contributed by atoms with van der Waals surface area (Å²) in [6, 6.07) is 3.33. The Morgan fingerprint density at radius 3 is 2.63 bits per heavy atom. The number of hydrogen-bond donors (Lipinski definition) is 1. The third-order valence-corrected chi connectivity index (χ3v) is 4.52. The molecular weight excluding hydrogens is 262 g/mol. The second kappa shape index (κ2) is 7.37. The Morgan fingerprint density at radius 2 is 2.16 bits per heavy atom. The van der Waals surface area contributed by atoms with E-state index in [2.05, 4.69) is 16.9 Å². The predicted molar refractivity (Wildman–Crippen MR) is 76.2 cm³/mol. The second-order valence-corrected chi connectivity index (χ2v) is 5.91. The number of nitrogens with one attached hydrogen (secondary N) is 1. The molecule has 1 rings (SSSR count). The zero-order chi connectivity index (χ0) is 14.3. The highest BCUT2D eigenvalue weighted by atomic mass is 32.2. The molecule has 0 saturated carbocycles. The SMILES string of the molecule is C=CCN(CC)S(=O)(=O)c1ccc(CNCC)cn1. The van der Waals surface area contributed by atoms with Crippen molar-refractivity contribution in [2.45, 2.75) is 25.4 Å². The Hall–Kier alpha value is -1.24. The summed E-state index contributed by atoms with van der Waals surface area (Å²) in [5.74, 6) is 0. The Balaban J connectivity index is 2.92. The molecule has 1 aromatic heterocycles. The average molecular weight is 283 g/mol. The summed E-state index contributed by atoms with van der Waals surface area (Å²) in [7, 11) is -3.52. The van der Waals surface area contributed by atoms with E-state index in [0.29, 0.717) is 19.6 Å². The Labute approximate surface area is 115 Å². The van der Waals surface area contributed by atoms with Crippen LogP contribution in [-0.2, 0) is 16.6 Å². The maximum Gasteiger partial charge on any atom is 0.260 e. The molecule has 0 radical (unpaired) electrons. The van der Waals surface area contributed by atoms with Gasteiger partial charge in [-0.25, -0.2) is 13.4 Å². The first kappa shape index (κ1) is 15.8. The fourth-order valence-electron chi connectivity index (χ4n) is 1.61. The summed E-state index contributed by atoms with van der Waals surface area (Å²) in [4.78, 5) is 4.05. The summed E-state index contributed by atoms with van der Waals surface area (Å²) < 4.78 is 25.9. The molecule has 0 amide bonds. The molecule has 0 aromatic carbocycles. The normalized spacial score (nSPS) is 11.7. The molecule has 0 unspecified atom stereocenters. The molecule has 106 valence electrons. The minimum atomic E-state index is -3.52. The van der Waals surface area contributed by atoms with Crippen molar-refractivity contribution < 1.29 is 8.42 Å². The largest absolute Gasteiger partial charge is 0.313 e. The van der Waals surface area contributed by atoms with Crippen LogP contribution in [-0.4, -0.2) is 37.3 Å². The van der Waals surface area contributed by atoms with Crippen LogP contribution in [0.1, 0.15) is 19.4 Å². The number of rotatable bonds is 8. The average Bonchev–Trinajstić information content (AvgIpc) is 2.42. The van der Waals surface area contributed by atoms with Gasteiger partial charge in [-0.2, -0.15) is 4.31 Å². The molecule has 1 heterocycles. The highest BCUT2D eigenvalue weighted by Gasteiger charge is 2.23. The molecule has 0 aliphatic rings. The molecule has 0 bridgehead atoms. The van der Waals surface area contributed by atoms with E-state index in [0.717, 1.165) is 12.1 Å². The zero-order valence-corrected chi connectivity index (χ0v) is 12.3. The molecular formula is C13H21N3O2S. The lowest BCUT2D eigenvalue weighted by Crippen LogP contribution is -2.31. The van der Waals surface area contributed by atoms with Crippen LogP contribution in [0.25, 0.3) is 0 Å². The van der Waals surface area contributed by atoms with Crippen molar-refractivity contribution in [2.24, 2.45) is 0 Å². The van der Waals surface area contributed by atoms with Gasteiger partial charge in [-0.15, -0.1) is 6.58 Å². The van der Waals surface area contributed by atoms with Crippen LogP contribution in [0.5, 0.6) is 0 Å². The van der Waals surface area contributed by atoms with Gasteiger partial charge in [-0.1, -0.05) is 26.0 Å². The van der Waals surface area contributed by atoms with Gasteiger partial charge in [0.2, 0.25) is 0 Å². The highest BCUT2D eigenvalue weighted by molar-refractivity contribution is 7.89. The summed E-state index contributed by atoms with van der Waals surface area (Å²) in [6.45, 7) is 9.62. The Bertz CT molecular complexity index is 497. The number of nitrogens with zero attached hydrogens (tertiary/aromatic N) is 2. The van der Waals surface area contributed by atoms with E-state index in [1.54, 1.807) is 31.3 Å². The summed E-state index contributed by atoms with van der Waals surface area (Å²) >= 11 is 0. The quantitative estimate of drug-likeness (QED) is 0.732. The van der Waals surface area contributed by atoms with Gasteiger partial charge in [0.15, 0.2) is 5.03 Å². The lowest BCUT2D eigenvalue weighted by molar-refractivity contribution is 0.457. The number of hydrogen-bond acceptors (Lipinski definition) is 4. The van der Waals surface area contributed by atoms with Gasteiger partial charge in [-0.3, -0.25) is 0 Å². The fourth-order valence-corrected chi connectivity index (χ4v) is 2.94. The minimum absolute atomic E-state index is 0.0800. The molecule has 0 spiro atoms. The lowest BCUT2D eigenvalue weighted by Gasteiger charge is -2.18. The van der Waals surface area contributed by atoms with Crippen molar-refractivity contribution in [1.82, 2.24) is 14.6 Å². The van der Waals surface area contributed by atoms with Crippen LogP contribution in [0.4, 0.5) is 0 Å². The Morgan fingerprint density at radius 1 is 1.42 bits per heavy atom. The van der Waals surface area contributed by atoms with Crippen LogP contribution in [0, 0.1) is 0 Å². The van der Waals surface area contributed by atoms with Crippen LogP contribution < -0.4 is 5.32 Å².